The summed E-state index contributed by atoms with van der Waals surface area (Å²) in [5.74, 6) is -0.208. The van der Waals surface area contributed by atoms with Crippen LogP contribution >= 0.6 is 11.6 Å². The molecule has 1 aliphatic carbocycles. The van der Waals surface area contributed by atoms with Crippen molar-refractivity contribution in [3.8, 4) is 6.07 Å². The molecular weight excluding hydrogens is 300 g/mol. The fraction of sp³-hybridized carbons (Fsp3) is 0.333. The standard InChI is InChI=1S/C15H13ClN6/c1-15(10-6-19-21(2)8-10)4-9(5-17)11-7-18-13-3-12(16)20-22(13)14(11)15/h3,6-9H,4H2,1-2H3. The Morgan fingerprint density at radius 3 is 2.95 bits per heavy atom. The lowest BCUT2D eigenvalue weighted by molar-refractivity contribution is 0.523. The third-order valence-corrected chi connectivity index (χ3v) is 4.67. The van der Waals surface area contributed by atoms with Crippen molar-refractivity contribution in [2.45, 2.75) is 24.7 Å². The Hall–Kier alpha value is -2.39. The van der Waals surface area contributed by atoms with E-state index >= 15 is 0 Å². The topological polar surface area (TPSA) is 71.8 Å². The SMILES string of the molecule is Cn1cc(C2(C)CC(C#N)c3cnc4cc(Cl)nn4c32)cn1. The van der Waals surface area contributed by atoms with Crippen LogP contribution in [0.4, 0.5) is 0 Å². The van der Waals surface area contributed by atoms with Crippen molar-refractivity contribution in [3.05, 3.63) is 46.6 Å². The second-order valence-electron chi connectivity index (χ2n) is 5.92. The van der Waals surface area contributed by atoms with Crippen molar-refractivity contribution in [1.29, 1.82) is 5.26 Å². The van der Waals surface area contributed by atoms with Crippen molar-refractivity contribution in [3.63, 3.8) is 0 Å². The first-order chi connectivity index (χ1) is 10.5. The Kier molecular flexibility index (Phi) is 2.60. The van der Waals surface area contributed by atoms with Crippen molar-refractivity contribution in [2.24, 2.45) is 7.05 Å². The number of halogens is 1. The van der Waals surface area contributed by atoms with E-state index in [1.807, 2.05) is 19.4 Å². The molecule has 0 amide bonds. The first kappa shape index (κ1) is 13.3. The van der Waals surface area contributed by atoms with Crippen LogP contribution in [0.3, 0.4) is 0 Å². The van der Waals surface area contributed by atoms with Crippen LogP contribution in [0.25, 0.3) is 5.65 Å². The van der Waals surface area contributed by atoms with Crippen LogP contribution < -0.4 is 0 Å². The van der Waals surface area contributed by atoms with Crippen molar-refractivity contribution in [1.82, 2.24) is 24.4 Å². The molecule has 0 saturated carbocycles. The number of rotatable bonds is 1. The highest BCUT2D eigenvalue weighted by Crippen LogP contribution is 2.49. The summed E-state index contributed by atoms with van der Waals surface area (Å²) in [6.07, 6.45) is 6.29. The third-order valence-electron chi connectivity index (χ3n) is 4.49. The molecule has 0 saturated heterocycles. The zero-order valence-corrected chi connectivity index (χ0v) is 12.9. The van der Waals surface area contributed by atoms with Gasteiger partial charge in [-0.1, -0.05) is 11.6 Å². The second-order valence-corrected chi connectivity index (χ2v) is 6.31. The van der Waals surface area contributed by atoms with Gasteiger partial charge in [-0.25, -0.2) is 9.50 Å². The number of aryl methyl sites for hydroxylation is 1. The summed E-state index contributed by atoms with van der Waals surface area (Å²) >= 11 is 6.04. The highest BCUT2D eigenvalue weighted by molar-refractivity contribution is 6.29. The Balaban J connectivity index is 2.06. The molecule has 110 valence electrons. The Bertz CT molecular complexity index is 933. The van der Waals surface area contributed by atoms with Crippen LogP contribution in [0, 0.1) is 11.3 Å². The monoisotopic (exact) mass is 312 g/mol. The van der Waals surface area contributed by atoms with E-state index in [-0.39, 0.29) is 11.3 Å². The van der Waals surface area contributed by atoms with E-state index in [2.05, 4.69) is 28.2 Å². The summed E-state index contributed by atoms with van der Waals surface area (Å²) < 4.78 is 3.54. The number of aromatic nitrogens is 5. The minimum atomic E-state index is -0.347. The van der Waals surface area contributed by atoms with Gasteiger partial charge in [0, 0.05) is 42.0 Å². The number of nitriles is 1. The van der Waals surface area contributed by atoms with Gasteiger partial charge >= 0.3 is 0 Å². The Morgan fingerprint density at radius 1 is 1.45 bits per heavy atom. The number of hydrogen-bond donors (Lipinski definition) is 0. The van der Waals surface area contributed by atoms with E-state index in [0.29, 0.717) is 17.2 Å². The van der Waals surface area contributed by atoms with Gasteiger partial charge in [0.1, 0.15) is 0 Å². The van der Waals surface area contributed by atoms with E-state index in [9.17, 15) is 5.26 Å². The largest absolute Gasteiger partial charge is 0.276 e. The molecule has 6 nitrogen and oxygen atoms in total. The molecule has 0 fully saturated rings. The molecule has 4 rings (SSSR count). The average Bonchev–Trinajstić information content (AvgIpc) is 3.14. The molecule has 0 bridgehead atoms. The van der Waals surface area contributed by atoms with Gasteiger partial charge in [0.05, 0.1) is 23.9 Å². The highest BCUT2D eigenvalue weighted by Gasteiger charge is 2.45. The zero-order chi connectivity index (χ0) is 15.5. The van der Waals surface area contributed by atoms with Gasteiger partial charge in [-0.15, -0.1) is 0 Å². The van der Waals surface area contributed by atoms with E-state index in [4.69, 9.17) is 11.6 Å². The van der Waals surface area contributed by atoms with Gasteiger partial charge in [0.2, 0.25) is 0 Å². The van der Waals surface area contributed by atoms with Crippen LogP contribution in [0.5, 0.6) is 0 Å². The minimum absolute atomic E-state index is 0.208. The lowest BCUT2D eigenvalue weighted by Crippen LogP contribution is -2.23. The lowest BCUT2D eigenvalue weighted by atomic mass is 9.81. The van der Waals surface area contributed by atoms with Crippen molar-refractivity contribution < 1.29 is 0 Å². The quantitative estimate of drug-likeness (QED) is 0.692. The maximum atomic E-state index is 9.52. The van der Waals surface area contributed by atoms with Gasteiger partial charge < -0.3 is 0 Å². The summed E-state index contributed by atoms with van der Waals surface area (Å²) in [7, 11) is 1.89. The molecule has 0 radical (unpaired) electrons. The predicted molar refractivity (Wildman–Crippen MR) is 80.6 cm³/mol. The van der Waals surface area contributed by atoms with Crippen LogP contribution in [-0.2, 0) is 12.5 Å². The lowest BCUT2D eigenvalue weighted by Gasteiger charge is -2.24. The van der Waals surface area contributed by atoms with Crippen molar-refractivity contribution >= 4 is 17.2 Å². The molecule has 0 aromatic carbocycles. The average molecular weight is 313 g/mol. The molecular formula is C15H13ClN6. The fourth-order valence-corrected chi connectivity index (χ4v) is 3.59. The second kappa shape index (κ2) is 4.31. The minimum Gasteiger partial charge on any atom is -0.276 e. The fourth-order valence-electron chi connectivity index (χ4n) is 3.42. The summed E-state index contributed by atoms with van der Waals surface area (Å²) in [5.41, 5.74) is 3.30. The van der Waals surface area contributed by atoms with Gasteiger partial charge in [-0.05, 0) is 13.3 Å². The van der Waals surface area contributed by atoms with Crippen molar-refractivity contribution in [2.75, 3.05) is 0 Å². The van der Waals surface area contributed by atoms with Gasteiger partial charge in [-0.3, -0.25) is 4.68 Å². The normalized spacial score (nSPS) is 23.6. The van der Waals surface area contributed by atoms with Gasteiger partial charge in [-0.2, -0.15) is 15.5 Å². The molecule has 22 heavy (non-hydrogen) atoms. The van der Waals surface area contributed by atoms with Crippen LogP contribution in [0.2, 0.25) is 5.15 Å². The third kappa shape index (κ3) is 1.63. The summed E-state index contributed by atoms with van der Waals surface area (Å²) in [6, 6.07) is 4.11. The smallest absolute Gasteiger partial charge is 0.156 e. The Morgan fingerprint density at radius 2 is 2.27 bits per heavy atom. The summed E-state index contributed by atoms with van der Waals surface area (Å²) in [4.78, 5) is 4.38. The van der Waals surface area contributed by atoms with Crippen LogP contribution in [-0.4, -0.2) is 24.4 Å². The summed E-state index contributed by atoms with van der Waals surface area (Å²) in [6.45, 7) is 2.12. The number of fused-ring (bicyclic) bond motifs is 3. The maximum Gasteiger partial charge on any atom is 0.156 e. The molecule has 0 aliphatic heterocycles. The molecule has 0 N–H and O–H groups in total. The van der Waals surface area contributed by atoms with Gasteiger partial charge in [0.15, 0.2) is 10.8 Å². The molecule has 3 aromatic rings. The maximum absolute atomic E-state index is 9.52. The highest BCUT2D eigenvalue weighted by atomic mass is 35.5. The van der Waals surface area contributed by atoms with E-state index in [0.717, 1.165) is 16.8 Å². The molecule has 7 heteroatoms. The van der Waals surface area contributed by atoms with Crippen LogP contribution in [0.15, 0.2) is 24.7 Å². The van der Waals surface area contributed by atoms with E-state index in [1.165, 1.54) is 0 Å². The predicted octanol–water partition coefficient (Wildman–Crippen LogP) is 2.43. The van der Waals surface area contributed by atoms with E-state index in [1.54, 1.807) is 21.5 Å². The number of hydrogen-bond acceptors (Lipinski definition) is 4. The van der Waals surface area contributed by atoms with E-state index < -0.39 is 0 Å². The molecule has 2 atom stereocenters. The summed E-state index contributed by atoms with van der Waals surface area (Å²) in [5, 5.41) is 18.6. The molecule has 1 aliphatic rings. The molecule has 2 unspecified atom stereocenters. The van der Waals surface area contributed by atoms with Crippen LogP contribution in [0.1, 0.15) is 36.1 Å². The Labute approximate surface area is 132 Å². The zero-order valence-electron chi connectivity index (χ0n) is 12.2. The molecule has 0 spiro atoms. The number of nitrogens with zero attached hydrogens (tertiary/aromatic N) is 6. The molecule has 3 heterocycles. The molecule has 3 aromatic heterocycles. The first-order valence-electron chi connectivity index (χ1n) is 6.96. The van der Waals surface area contributed by atoms with Gasteiger partial charge in [0.25, 0.3) is 0 Å². The first-order valence-corrected chi connectivity index (χ1v) is 7.34.